The van der Waals surface area contributed by atoms with Gasteiger partial charge in [0.1, 0.15) is 0 Å². The molecule has 0 radical (unpaired) electrons. The second kappa shape index (κ2) is 7.24. The molecule has 1 aromatic carbocycles. The van der Waals surface area contributed by atoms with Crippen LogP contribution < -0.4 is 4.72 Å². The normalized spacial score (nSPS) is 20.4. The Morgan fingerprint density at radius 1 is 1.21 bits per heavy atom. The smallest absolute Gasteiger partial charge is 0.334 e. The standard InChI is InChI=1S/C19H20F3N3O3S/c20-19(21,22)29(27,28)24-11-14-2-1-9-25(14)18(26)15-7-8-23-17-6-5-13(10-16(15)17)12-3-4-12/h5-8,10,12,14,24H,1-4,9,11H2. The molecule has 1 saturated heterocycles. The summed E-state index contributed by atoms with van der Waals surface area (Å²) in [6.45, 7) is -0.104. The Hall–Kier alpha value is -2.20. The van der Waals surface area contributed by atoms with Crippen LogP contribution in [-0.2, 0) is 10.0 Å². The molecule has 1 atom stereocenters. The molecule has 2 heterocycles. The molecule has 0 spiro atoms. The van der Waals surface area contributed by atoms with Crippen LogP contribution in [-0.4, -0.2) is 48.8 Å². The minimum absolute atomic E-state index is 0.320. The molecule has 1 aliphatic heterocycles. The predicted octanol–water partition coefficient (Wildman–Crippen LogP) is 3.16. The second-order valence-corrected chi connectivity index (χ2v) is 9.26. The number of sulfonamides is 1. The highest BCUT2D eigenvalue weighted by molar-refractivity contribution is 7.90. The van der Waals surface area contributed by atoms with Crippen LogP contribution in [0.1, 0.15) is 47.5 Å². The van der Waals surface area contributed by atoms with E-state index in [9.17, 15) is 26.4 Å². The van der Waals surface area contributed by atoms with Gasteiger partial charge >= 0.3 is 15.5 Å². The molecule has 0 bridgehead atoms. The lowest BCUT2D eigenvalue weighted by molar-refractivity contribution is -0.0448. The molecule has 1 saturated carbocycles. The fraction of sp³-hybridized carbons (Fsp3) is 0.474. The minimum Gasteiger partial charge on any atom is -0.334 e. The van der Waals surface area contributed by atoms with E-state index in [-0.39, 0.29) is 5.91 Å². The summed E-state index contributed by atoms with van der Waals surface area (Å²) in [4.78, 5) is 18.9. The molecule has 2 fully saturated rings. The number of hydrogen-bond donors (Lipinski definition) is 1. The minimum atomic E-state index is -5.44. The Balaban J connectivity index is 1.58. The highest BCUT2D eigenvalue weighted by atomic mass is 32.2. The molecule has 1 N–H and O–H groups in total. The average molecular weight is 427 g/mol. The molecule has 1 amide bonds. The number of hydrogen-bond acceptors (Lipinski definition) is 4. The van der Waals surface area contributed by atoms with Gasteiger partial charge in [-0.25, -0.2) is 13.1 Å². The van der Waals surface area contributed by atoms with Gasteiger partial charge in [0.2, 0.25) is 0 Å². The summed E-state index contributed by atoms with van der Waals surface area (Å²) in [6, 6.07) is 6.82. The van der Waals surface area contributed by atoms with Crippen molar-refractivity contribution < 1.29 is 26.4 Å². The number of rotatable bonds is 5. The van der Waals surface area contributed by atoms with Gasteiger partial charge in [0.05, 0.1) is 11.1 Å². The van der Waals surface area contributed by atoms with Gasteiger partial charge in [-0.2, -0.15) is 13.2 Å². The average Bonchev–Trinajstić information content (AvgIpc) is 3.42. The van der Waals surface area contributed by atoms with Gasteiger partial charge in [-0.05, 0) is 55.4 Å². The van der Waals surface area contributed by atoms with Crippen molar-refractivity contribution >= 4 is 26.8 Å². The number of pyridine rings is 1. The monoisotopic (exact) mass is 427 g/mol. The van der Waals surface area contributed by atoms with E-state index >= 15 is 0 Å². The Kier molecular flexibility index (Phi) is 5.02. The van der Waals surface area contributed by atoms with Crippen molar-refractivity contribution in [3.63, 3.8) is 0 Å². The molecule has 1 unspecified atom stereocenters. The van der Waals surface area contributed by atoms with Crippen molar-refractivity contribution in [2.75, 3.05) is 13.1 Å². The first-order valence-electron chi connectivity index (χ1n) is 9.43. The number of nitrogens with zero attached hydrogens (tertiary/aromatic N) is 2. The third kappa shape index (κ3) is 3.95. The van der Waals surface area contributed by atoms with Crippen LogP contribution in [0.2, 0.25) is 0 Å². The third-order valence-corrected chi connectivity index (χ3v) is 6.65. The van der Waals surface area contributed by atoms with Gasteiger partial charge in [0.25, 0.3) is 5.91 Å². The lowest BCUT2D eigenvalue weighted by Gasteiger charge is -2.25. The molecule has 10 heteroatoms. The molecular weight excluding hydrogens is 407 g/mol. The number of benzene rings is 1. The molecule has 2 aliphatic rings. The summed E-state index contributed by atoms with van der Waals surface area (Å²) in [7, 11) is -5.44. The molecule has 29 heavy (non-hydrogen) atoms. The van der Waals surface area contributed by atoms with E-state index in [0.717, 1.165) is 18.4 Å². The van der Waals surface area contributed by atoms with Crippen molar-refractivity contribution in [1.29, 1.82) is 0 Å². The van der Waals surface area contributed by atoms with E-state index in [2.05, 4.69) is 4.98 Å². The van der Waals surface area contributed by atoms with Crippen molar-refractivity contribution in [1.82, 2.24) is 14.6 Å². The number of alkyl halides is 3. The molecule has 1 aromatic heterocycles. The molecule has 1 aliphatic carbocycles. The van der Waals surface area contributed by atoms with Gasteiger partial charge in [0, 0.05) is 30.7 Å². The Morgan fingerprint density at radius 2 is 1.97 bits per heavy atom. The highest BCUT2D eigenvalue weighted by Crippen LogP contribution is 2.41. The van der Waals surface area contributed by atoms with Gasteiger partial charge in [-0.1, -0.05) is 6.07 Å². The first kappa shape index (κ1) is 20.1. The van der Waals surface area contributed by atoms with E-state index in [1.54, 1.807) is 10.8 Å². The van der Waals surface area contributed by atoms with Crippen LogP contribution in [0.15, 0.2) is 30.5 Å². The van der Waals surface area contributed by atoms with Crippen molar-refractivity contribution in [3.05, 3.63) is 41.6 Å². The van der Waals surface area contributed by atoms with Gasteiger partial charge < -0.3 is 4.90 Å². The summed E-state index contributed by atoms with van der Waals surface area (Å²) in [5.74, 6) is 0.179. The number of nitrogens with one attached hydrogen (secondary N) is 1. The number of amides is 1. The third-order valence-electron chi connectivity index (χ3n) is 5.50. The largest absolute Gasteiger partial charge is 0.511 e. The maximum atomic E-state index is 13.2. The summed E-state index contributed by atoms with van der Waals surface area (Å²) < 4.78 is 61.9. The van der Waals surface area contributed by atoms with Crippen LogP contribution in [0.3, 0.4) is 0 Å². The van der Waals surface area contributed by atoms with E-state index in [0.29, 0.717) is 41.8 Å². The molecule has 6 nitrogen and oxygen atoms in total. The molecule has 4 rings (SSSR count). The fourth-order valence-corrected chi connectivity index (χ4v) is 4.35. The topological polar surface area (TPSA) is 79.4 Å². The van der Waals surface area contributed by atoms with Crippen LogP contribution in [0.5, 0.6) is 0 Å². The molecular formula is C19H20F3N3O3S. The van der Waals surface area contributed by atoms with Crippen LogP contribution in [0.4, 0.5) is 13.2 Å². The Labute approximate surface area is 166 Å². The van der Waals surface area contributed by atoms with Gasteiger partial charge in [0.15, 0.2) is 0 Å². The quantitative estimate of drug-likeness (QED) is 0.795. The predicted molar refractivity (Wildman–Crippen MR) is 101 cm³/mol. The Bertz CT molecular complexity index is 1050. The molecule has 2 aromatic rings. The van der Waals surface area contributed by atoms with E-state index in [4.69, 9.17) is 0 Å². The fourth-order valence-electron chi connectivity index (χ4n) is 3.78. The maximum absolute atomic E-state index is 13.2. The number of carbonyl (C=O) groups is 1. The summed E-state index contributed by atoms with van der Waals surface area (Å²) in [5, 5.41) is 0.712. The lowest BCUT2D eigenvalue weighted by atomic mass is 10.0. The van der Waals surface area contributed by atoms with Crippen LogP contribution >= 0.6 is 0 Å². The highest BCUT2D eigenvalue weighted by Gasteiger charge is 2.46. The number of aromatic nitrogens is 1. The number of carbonyl (C=O) groups excluding carboxylic acids is 1. The first-order chi connectivity index (χ1) is 13.7. The van der Waals surface area contributed by atoms with Crippen molar-refractivity contribution in [2.45, 2.75) is 43.2 Å². The van der Waals surface area contributed by atoms with Gasteiger partial charge in [-0.15, -0.1) is 0 Å². The van der Waals surface area contributed by atoms with E-state index in [1.807, 2.05) is 18.2 Å². The summed E-state index contributed by atoms with van der Waals surface area (Å²) in [6.07, 6.45) is 4.79. The zero-order valence-corrected chi connectivity index (χ0v) is 16.3. The first-order valence-corrected chi connectivity index (χ1v) is 10.9. The Morgan fingerprint density at radius 3 is 2.66 bits per heavy atom. The number of halogens is 3. The number of likely N-dealkylation sites (tertiary alicyclic amines) is 1. The van der Waals surface area contributed by atoms with E-state index in [1.165, 1.54) is 11.1 Å². The zero-order valence-electron chi connectivity index (χ0n) is 15.4. The number of fused-ring (bicyclic) bond motifs is 1. The van der Waals surface area contributed by atoms with Crippen molar-refractivity contribution in [3.8, 4) is 0 Å². The zero-order chi connectivity index (χ0) is 20.8. The van der Waals surface area contributed by atoms with Crippen molar-refractivity contribution in [2.24, 2.45) is 0 Å². The molecule has 156 valence electrons. The summed E-state index contributed by atoms with van der Waals surface area (Å²) >= 11 is 0. The second-order valence-electron chi connectivity index (χ2n) is 7.50. The van der Waals surface area contributed by atoms with Gasteiger partial charge in [-0.3, -0.25) is 9.78 Å². The van der Waals surface area contributed by atoms with Crippen LogP contribution in [0.25, 0.3) is 10.9 Å². The SMILES string of the molecule is O=C(c1ccnc2ccc(C3CC3)cc12)N1CCCC1CNS(=O)(=O)C(F)(F)F. The van der Waals surface area contributed by atoms with Crippen LogP contribution in [0, 0.1) is 0 Å². The van der Waals surface area contributed by atoms with E-state index < -0.39 is 28.1 Å². The maximum Gasteiger partial charge on any atom is 0.511 e. The lowest BCUT2D eigenvalue weighted by Crippen LogP contribution is -2.46. The summed E-state index contributed by atoms with van der Waals surface area (Å²) in [5.41, 5.74) is -3.12.